The average Bonchev–Trinajstić information content (AvgIpc) is 3.21. The molecule has 2 aliphatic rings. The molecule has 2 N–H and O–H groups in total. The Kier molecular flexibility index (Phi) is 7.18. The normalized spacial score (nSPS) is 24.3. The lowest BCUT2D eigenvalue weighted by Crippen LogP contribution is -2.55. The van der Waals surface area contributed by atoms with Gasteiger partial charge < -0.3 is 20.3 Å². The molecule has 2 aliphatic heterocycles. The quantitative estimate of drug-likeness (QED) is 0.525. The van der Waals surface area contributed by atoms with Crippen LogP contribution in [0.5, 0.6) is 0 Å². The number of ether oxygens (including phenoxy) is 1. The Bertz CT molecular complexity index is 779. The highest BCUT2D eigenvalue weighted by Gasteiger charge is 2.45. The van der Waals surface area contributed by atoms with Gasteiger partial charge in [-0.3, -0.25) is 0 Å². The summed E-state index contributed by atoms with van der Waals surface area (Å²) in [6.45, 7) is 15.8. The van der Waals surface area contributed by atoms with Crippen LogP contribution >= 0.6 is 11.3 Å². The van der Waals surface area contributed by atoms with Gasteiger partial charge in [-0.25, -0.2) is 14.8 Å². The number of hydrogen-bond acceptors (Lipinski definition) is 5. The standard InChI is InChI=1S/C23H39N5O2S/c1-8-24-20(25-13-19-27-18(14-31-19)22(2,3)4)26-15-11-16-9-10-17(12-15)28(16)21(29)30-23(5,6)7/h14-17H,8-13H2,1-7H3,(H2,24,25,26). The van der Waals surface area contributed by atoms with E-state index in [9.17, 15) is 4.79 Å². The molecule has 2 unspecified atom stereocenters. The summed E-state index contributed by atoms with van der Waals surface area (Å²) in [4.78, 5) is 24.2. The topological polar surface area (TPSA) is 78.9 Å². The highest BCUT2D eigenvalue weighted by atomic mass is 32.1. The third-order valence-electron chi connectivity index (χ3n) is 5.72. The van der Waals surface area contributed by atoms with E-state index in [2.05, 4.69) is 43.7 Å². The van der Waals surface area contributed by atoms with Gasteiger partial charge in [0, 0.05) is 35.5 Å². The van der Waals surface area contributed by atoms with E-state index in [4.69, 9.17) is 14.7 Å². The van der Waals surface area contributed by atoms with Crippen LogP contribution in [0.2, 0.25) is 0 Å². The van der Waals surface area contributed by atoms with Gasteiger partial charge in [0.1, 0.15) is 10.6 Å². The number of aromatic nitrogens is 1. The van der Waals surface area contributed by atoms with Gasteiger partial charge in [-0.1, -0.05) is 20.8 Å². The minimum Gasteiger partial charge on any atom is -0.444 e. The molecule has 0 aromatic carbocycles. The number of nitrogens with zero attached hydrogens (tertiary/aromatic N) is 3. The Labute approximate surface area is 191 Å². The molecular formula is C23H39N5O2S. The Morgan fingerprint density at radius 3 is 2.39 bits per heavy atom. The first-order valence-corrected chi connectivity index (χ1v) is 12.3. The van der Waals surface area contributed by atoms with Crippen molar-refractivity contribution in [1.82, 2.24) is 20.5 Å². The minimum absolute atomic E-state index is 0.0581. The lowest BCUT2D eigenvalue weighted by molar-refractivity contribution is 0.00545. The minimum atomic E-state index is -0.459. The molecule has 2 bridgehead atoms. The molecule has 174 valence electrons. The van der Waals surface area contributed by atoms with Crippen molar-refractivity contribution < 1.29 is 9.53 Å². The maximum Gasteiger partial charge on any atom is 0.410 e. The monoisotopic (exact) mass is 449 g/mol. The van der Waals surface area contributed by atoms with Crippen molar-refractivity contribution in [2.24, 2.45) is 4.99 Å². The number of guanidine groups is 1. The van der Waals surface area contributed by atoms with E-state index in [-0.39, 0.29) is 23.6 Å². The Balaban J connectivity index is 1.61. The molecule has 2 fully saturated rings. The van der Waals surface area contributed by atoms with E-state index in [0.717, 1.165) is 48.9 Å². The molecule has 3 rings (SSSR count). The lowest BCUT2D eigenvalue weighted by atomic mass is 9.93. The van der Waals surface area contributed by atoms with Crippen LogP contribution in [0.4, 0.5) is 4.79 Å². The molecule has 3 heterocycles. The van der Waals surface area contributed by atoms with Crippen LogP contribution in [0, 0.1) is 0 Å². The predicted octanol–water partition coefficient (Wildman–Crippen LogP) is 4.43. The van der Waals surface area contributed by atoms with E-state index < -0.39 is 5.60 Å². The van der Waals surface area contributed by atoms with E-state index in [1.807, 2.05) is 25.7 Å². The largest absolute Gasteiger partial charge is 0.444 e. The van der Waals surface area contributed by atoms with E-state index in [1.165, 1.54) is 0 Å². The SMILES string of the molecule is CCNC(=NCc1nc(C(C)(C)C)cs1)NC1CC2CCC(C1)N2C(=O)OC(C)(C)C. The molecule has 0 saturated carbocycles. The maximum atomic E-state index is 12.7. The summed E-state index contributed by atoms with van der Waals surface area (Å²) in [5.41, 5.74) is 0.716. The molecule has 0 radical (unpaired) electrons. The number of thiazole rings is 1. The van der Waals surface area contributed by atoms with Gasteiger partial charge in [-0.05, 0) is 53.4 Å². The smallest absolute Gasteiger partial charge is 0.410 e. The number of piperidine rings is 1. The number of rotatable bonds is 4. The molecule has 2 atom stereocenters. The first-order chi connectivity index (χ1) is 14.5. The fraction of sp³-hybridized carbons (Fsp3) is 0.783. The van der Waals surface area contributed by atoms with Gasteiger partial charge in [-0.2, -0.15) is 0 Å². The van der Waals surface area contributed by atoms with E-state index in [0.29, 0.717) is 12.6 Å². The first kappa shape index (κ1) is 23.8. The van der Waals surface area contributed by atoms with Crippen molar-refractivity contribution in [2.75, 3.05) is 6.54 Å². The highest BCUT2D eigenvalue weighted by molar-refractivity contribution is 7.09. The average molecular weight is 450 g/mol. The summed E-state index contributed by atoms with van der Waals surface area (Å²) in [6.07, 6.45) is 3.77. The highest BCUT2D eigenvalue weighted by Crippen LogP contribution is 2.36. The zero-order valence-electron chi connectivity index (χ0n) is 20.1. The zero-order valence-corrected chi connectivity index (χ0v) is 20.9. The van der Waals surface area contributed by atoms with Gasteiger partial charge in [0.15, 0.2) is 5.96 Å². The molecule has 1 aromatic heterocycles. The molecule has 1 aromatic rings. The van der Waals surface area contributed by atoms with Crippen LogP contribution in [0.15, 0.2) is 10.4 Å². The van der Waals surface area contributed by atoms with E-state index in [1.54, 1.807) is 11.3 Å². The van der Waals surface area contributed by atoms with Crippen LogP contribution in [0.25, 0.3) is 0 Å². The number of nitrogens with one attached hydrogen (secondary N) is 2. The summed E-state index contributed by atoms with van der Waals surface area (Å²) in [6, 6.07) is 0.778. The molecule has 7 nitrogen and oxygen atoms in total. The summed E-state index contributed by atoms with van der Waals surface area (Å²) in [7, 11) is 0. The number of carbonyl (C=O) groups is 1. The molecule has 1 amide bonds. The van der Waals surface area contributed by atoms with Crippen LogP contribution < -0.4 is 10.6 Å². The number of hydrogen-bond donors (Lipinski definition) is 2. The van der Waals surface area contributed by atoms with Crippen molar-refractivity contribution >= 4 is 23.4 Å². The number of amides is 1. The number of aliphatic imine (C=N–C) groups is 1. The Morgan fingerprint density at radius 2 is 1.87 bits per heavy atom. The lowest BCUT2D eigenvalue weighted by Gasteiger charge is -2.40. The van der Waals surface area contributed by atoms with Gasteiger partial charge in [-0.15, -0.1) is 11.3 Å². The molecular weight excluding hydrogens is 410 g/mol. The van der Waals surface area contributed by atoms with Crippen molar-refractivity contribution in [3.05, 3.63) is 16.1 Å². The first-order valence-electron chi connectivity index (χ1n) is 11.5. The van der Waals surface area contributed by atoms with Crippen molar-refractivity contribution in [1.29, 1.82) is 0 Å². The summed E-state index contributed by atoms with van der Waals surface area (Å²) in [5, 5.41) is 10.1. The van der Waals surface area contributed by atoms with Crippen LogP contribution in [0.1, 0.15) is 84.9 Å². The second-order valence-electron chi connectivity index (χ2n) is 10.7. The summed E-state index contributed by atoms with van der Waals surface area (Å²) >= 11 is 1.67. The van der Waals surface area contributed by atoms with Gasteiger partial charge in [0.05, 0.1) is 12.2 Å². The number of fused-ring (bicyclic) bond motifs is 2. The second kappa shape index (κ2) is 9.35. The van der Waals surface area contributed by atoms with Crippen LogP contribution in [0.3, 0.4) is 0 Å². The third-order valence-corrected chi connectivity index (χ3v) is 6.55. The van der Waals surface area contributed by atoms with Crippen molar-refractivity contribution in [2.45, 2.75) is 110 Å². The predicted molar refractivity (Wildman–Crippen MR) is 127 cm³/mol. The van der Waals surface area contributed by atoms with Crippen molar-refractivity contribution in [3.8, 4) is 0 Å². The second-order valence-corrected chi connectivity index (χ2v) is 11.6. The number of carbonyl (C=O) groups excluding carboxylic acids is 1. The Morgan fingerprint density at radius 1 is 1.23 bits per heavy atom. The van der Waals surface area contributed by atoms with Crippen LogP contribution in [-0.4, -0.2) is 52.2 Å². The summed E-state index contributed by atoms with van der Waals surface area (Å²) in [5.74, 6) is 0.824. The van der Waals surface area contributed by atoms with Gasteiger partial charge in [0.2, 0.25) is 0 Å². The fourth-order valence-electron chi connectivity index (χ4n) is 4.30. The fourth-order valence-corrected chi connectivity index (χ4v) is 5.24. The molecule has 8 heteroatoms. The molecule has 2 saturated heterocycles. The van der Waals surface area contributed by atoms with Crippen molar-refractivity contribution in [3.63, 3.8) is 0 Å². The Hall–Kier alpha value is -1.83. The third kappa shape index (κ3) is 6.34. The van der Waals surface area contributed by atoms with E-state index >= 15 is 0 Å². The maximum absolute atomic E-state index is 12.7. The zero-order chi connectivity index (χ0) is 22.8. The molecule has 0 aliphatic carbocycles. The van der Waals surface area contributed by atoms with Gasteiger partial charge in [0.25, 0.3) is 0 Å². The molecule has 31 heavy (non-hydrogen) atoms. The van der Waals surface area contributed by atoms with Crippen LogP contribution in [-0.2, 0) is 16.7 Å². The summed E-state index contributed by atoms with van der Waals surface area (Å²) < 4.78 is 5.65. The molecule has 0 spiro atoms. The van der Waals surface area contributed by atoms with Gasteiger partial charge >= 0.3 is 6.09 Å².